The van der Waals surface area contributed by atoms with Crippen LogP contribution in [-0.2, 0) is 28.7 Å². The van der Waals surface area contributed by atoms with Gasteiger partial charge in [0.25, 0.3) is 0 Å². The predicted molar refractivity (Wildman–Crippen MR) is 132 cm³/mol. The molecule has 0 aliphatic rings. The number of hydrogen-bond acceptors (Lipinski definition) is 9. The Morgan fingerprint density at radius 2 is 1.05 bits per heavy atom. The summed E-state index contributed by atoms with van der Waals surface area (Å²) in [6, 6.07) is 24.9. The summed E-state index contributed by atoms with van der Waals surface area (Å²) in [4.78, 5) is 48.1. The highest BCUT2D eigenvalue weighted by Crippen LogP contribution is 2.26. The lowest BCUT2D eigenvalue weighted by Crippen LogP contribution is -2.30. The van der Waals surface area contributed by atoms with Crippen LogP contribution >= 0.6 is 0 Å². The van der Waals surface area contributed by atoms with Gasteiger partial charge in [0.1, 0.15) is 11.5 Å². The minimum absolute atomic E-state index is 0.290. The Labute approximate surface area is 211 Å². The molecule has 0 aromatic heterocycles. The van der Waals surface area contributed by atoms with Crippen LogP contribution in [0.2, 0.25) is 0 Å². The quantitative estimate of drug-likeness (QED) is 0.271. The zero-order valence-electron chi connectivity index (χ0n) is 19.5. The van der Waals surface area contributed by atoms with Crippen molar-refractivity contribution in [2.75, 3.05) is 13.2 Å². The normalized spacial score (nSPS) is 11.5. The van der Waals surface area contributed by atoms with Crippen molar-refractivity contribution in [1.82, 2.24) is 0 Å². The van der Waals surface area contributed by atoms with Gasteiger partial charge in [0.05, 0.1) is 6.42 Å². The third-order valence-electron chi connectivity index (χ3n) is 5.26. The first kappa shape index (κ1) is 25.3. The van der Waals surface area contributed by atoms with Crippen LogP contribution in [0.1, 0.15) is 6.42 Å². The topological polar surface area (TPSA) is 125 Å². The van der Waals surface area contributed by atoms with Gasteiger partial charge in [0, 0.05) is 10.8 Å². The Bertz CT molecular complexity index is 1450. The van der Waals surface area contributed by atoms with Gasteiger partial charge < -0.3 is 24.1 Å². The fourth-order valence-corrected chi connectivity index (χ4v) is 3.54. The van der Waals surface area contributed by atoms with Crippen LogP contribution in [0.15, 0.2) is 84.9 Å². The molecule has 0 amide bonds. The third-order valence-corrected chi connectivity index (χ3v) is 5.26. The minimum atomic E-state index is -1.90. The molecule has 0 radical (unpaired) electrons. The van der Waals surface area contributed by atoms with E-state index in [0.29, 0.717) is 22.3 Å². The SMILES string of the molecule is O=C(CC(O)C(=O)OCC(=O)Oc1cccc2ccccc12)OCC(=O)Oc1cccc2ccccc12. The van der Waals surface area contributed by atoms with Crippen LogP contribution in [0.25, 0.3) is 21.5 Å². The Morgan fingerprint density at radius 3 is 1.59 bits per heavy atom. The number of fused-ring (bicyclic) bond motifs is 2. The lowest BCUT2D eigenvalue weighted by molar-refractivity contribution is -0.165. The molecule has 0 heterocycles. The van der Waals surface area contributed by atoms with Gasteiger partial charge in [-0.25, -0.2) is 14.4 Å². The number of esters is 4. The Kier molecular flexibility index (Phi) is 8.07. The van der Waals surface area contributed by atoms with Gasteiger partial charge >= 0.3 is 23.9 Å². The van der Waals surface area contributed by atoms with Crippen molar-refractivity contribution in [3.8, 4) is 11.5 Å². The second-order valence-corrected chi connectivity index (χ2v) is 7.89. The molecule has 188 valence electrons. The van der Waals surface area contributed by atoms with E-state index in [0.717, 1.165) is 10.8 Å². The van der Waals surface area contributed by atoms with Crippen LogP contribution in [0, 0.1) is 0 Å². The summed E-state index contributed by atoms with van der Waals surface area (Å²) in [6.45, 7) is -1.49. The number of benzene rings is 4. The van der Waals surface area contributed by atoms with E-state index in [-0.39, 0.29) is 0 Å². The molecule has 0 aliphatic carbocycles. The molecule has 1 atom stereocenters. The zero-order valence-corrected chi connectivity index (χ0v) is 19.5. The Hall–Kier alpha value is -4.76. The number of carbonyl (C=O) groups excluding carboxylic acids is 4. The average Bonchev–Trinajstić information content (AvgIpc) is 2.91. The number of aliphatic hydroxyl groups is 1. The molecule has 4 aromatic rings. The van der Waals surface area contributed by atoms with Gasteiger partial charge in [-0.2, -0.15) is 0 Å². The van der Waals surface area contributed by atoms with E-state index in [1.54, 1.807) is 48.5 Å². The highest BCUT2D eigenvalue weighted by atomic mass is 16.6. The molecular formula is C28H22O9. The lowest BCUT2D eigenvalue weighted by Gasteiger charge is -2.11. The van der Waals surface area contributed by atoms with Gasteiger partial charge in [0.2, 0.25) is 0 Å². The van der Waals surface area contributed by atoms with Gasteiger partial charge in [-0.3, -0.25) is 4.79 Å². The van der Waals surface area contributed by atoms with E-state index in [1.165, 1.54) is 0 Å². The molecule has 1 unspecified atom stereocenters. The summed E-state index contributed by atoms with van der Waals surface area (Å²) < 4.78 is 20.0. The van der Waals surface area contributed by atoms with Gasteiger partial charge in [-0.15, -0.1) is 0 Å². The van der Waals surface area contributed by atoms with Crippen molar-refractivity contribution < 1.29 is 43.2 Å². The molecule has 0 saturated carbocycles. The van der Waals surface area contributed by atoms with Crippen LogP contribution in [-0.4, -0.2) is 48.3 Å². The van der Waals surface area contributed by atoms with Gasteiger partial charge in [0.15, 0.2) is 19.3 Å². The zero-order chi connectivity index (χ0) is 26.2. The summed E-state index contributed by atoms with van der Waals surface area (Å²) in [5.41, 5.74) is 0. The van der Waals surface area contributed by atoms with Crippen molar-refractivity contribution in [2.45, 2.75) is 12.5 Å². The third kappa shape index (κ3) is 6.68. The fraction of sp³-hybridized carbons (Fsp3) is 0.143. The van der Waals surface area contributed by atoms with Crippen molar-refractivity contribution in [1.29, 1.82) is 0 Å². The molecular weight excluding hydrogens is 480 g/mol. The number of ether oxygens (including phenoxy) is 4. The molecule has 0 fully saturated rings. The standard InChI is InChI=1S/C28H22O9/c29-22(28(33)35-17-27(32)37-24-14-6-10-19-8-2-4-12-21(19)24)15-25(30)34-16-26(31)36-23-13-5-9-18-7-1-3-11-20(18)23/h1-14,22,29H,15-17H2. The molecule has 9 nitrogen and oxygen atoms in total. The first-order chi connectivity index (χ1) is 17.9. The smallest absolute Gasteiger partial charge is 0.349 e. The van der Waals surface area contributed by atoms with Crippen molar-refractivity contribution >= 4 is 45.4 Å². The second-order valence-electron chi connectivity index (χ2n) is 7.89. The highest BCUT2D eigenvalue weighted by Gasteiger charge is 2.23. The van der Waals surface area contributed by atoms with Crippen molar-refractivity contribution in [2.24, 2.45) is 0 Å². The molecule has 0 bridgehead atoms. The molecule has 4 rings (SSSR count). The molecule has 0 saturated heterocycles. The number of aliphatic hydroxyl groups excluding tert-OH is 1. The minimum Gasteiger partial charge on any atom is -0.454 e. The summed E-state index contributed by atoms with van der Waals surface area (Å²) in [6.07, 6.45) is -2.68. The van der Waals surface area contributed by atoms with Crippen LogP contribution in [0.5, 0.6) is 11.5 Å². The van der Waals surface area contributed by atoms with Gasteiger partial charge in [-0.05, 0) is 22.9 Å². The molecule has 4 aromatic carbocycles. The first-order valence-corrected chi connectivity index (χ1v) is 11.3. The predicted octanol–water partition coefficient (Wildman–Crippen LogP) is 3.34. The molecule has 9 heteroatoms. The summed E-state index contributed by atoms with van der Waals surface area (Å²) in [7, 11) is 0. The van der Waals surface area contributed by atoms with Gasteiger partial charge in [-0.1, -0.05) is 72.8 Å². The largest absolute Gasteiger partial charge is 0.454 e. The maximum absolute atomic E-state index is 12.1. The van der Waals surface area contributed by atoms with E-state index in [4.69, 9.17) is 18.9 Å². The number of carbonyl (C=O) groups is 4. The summed E-state index contributed by atoms with van der Waals surface area (Å²) >= 11 is 0. The maximum atomic E-state index is 12.1. The summed E-state index contributed by atoms with van der Waals surface area (Å²) in [5, 5.41) is 13.0. The molecule has 1 N–H and O–H groups in total. The highest BCUT2D eigenvalue weighted by molar-refractivity contribution is 5.92. The molecule has 0 aliphatic heterocycles. The fourth-order valence-electron chi connectivity index (χ4n) is 3.54. The summed E-state index contributed by atoms with van der Waals surface area (Å²) in [5.74, 6) is -3.35. The van der Waals surface area contributed by atoms with Crippen LogP contribution in [0.3, 0.4) is 0 Å². The van der Waals surface area contributed by atoms with E-state index in [9.17, 15) is 24.3 Å². The Morgan fingerprint density at radius 1 is 0.595 bits per heavy atom. The maximum Gasteiger partial charge on any atom is 0.349 e. The Balaban J connectivity index is 1.20. The monoisotopic (exact) mass is 502 g/mol. The van der Waals surface area contributed by atoms with E-state index in [2.05, 4.69) is 0 Å². The molecule has 0 spiro atoms. The van der Waals surface area contributed by atoms with E-state index >= 15 is 0 Å². The van der Waals surface area contributed by atoms with Crippen molar-refractivity contribution in [3.05, 3.63) is 84.9 Å². The van der Waals surface area contributed by atoms with Crippen LogP contribution < -0.4 is 9.47 Å². The van der Waals surface area contributed by atoms with E-state index in [1.807, 2.05) is 36.4 Å². The first-order valence-electron chi connectivity index (χ1n) is 11.3. The average molecular weight is 502 g/mol. The molecule has 37 heavy (non-hydrogen) atoms. The number of hydrogen-bond donors (Lipinski definition) is 1. The van der Waals surface area contributed by atoms with Crippen molar-refractivity contribution in [3.63, 3.8) is 0 Å². The van der Waals surface area contributed by atoms with E-state index < -0.39 is 49.6 Å². The number of rotatable bonds is 9. The lowest BCUT2D eigenvalue weighted by atomic mass is 10.1. The second kappa shape index (κ2) is 11.8. The van der Waals surface area contributed by atoms with Crippen LogP contribution in [0.4, 0.5) is 0 Å².